The number of nitrogens with zero attached hydrogens (tertiary/aromatic N) is 2. The lowest BCUT2D eigenvalue weighted by Crippen LogP contribution is -2.70. The lowest BCUT2D eigenvalue weighted by Gasteiger charge is -2.59. The fourth-order valence-corrected chi connectivity index (χ4v) is 10.1. The van der Waals surface area contributed by atoms with Gasteiger partial charge in [-0.1, -0.05) is 72.6 Å². The van der Waals surface area contributed by atoms with Crippen LogP contribution in [-0.4, -0.2) is 92.6 Å². The van der Waals surface area contributed by atoms with Gasteiger partial charge in [-0.25, -0.2) is 9.59 Å². The first-order valence-electron chi connectivity index (χ1n) is 22.5. The summed E-state index contributed by atoms with van der Waals surface area (Å²) in [5.41, 5.74) is 3.62. The summed E-state index contributed by atoms with van der Waals surface area (Å²) in [7, 11) is 4.56. The van der Waals surface area contributed by atoms with Gasteiger partial charge in [0.1, 0.15) is 36.1 Å². The number of benzene rings is 4. The van der Waals surface area contributed by atoms with Crippen molar-refractivity contribution in [3.05, 3.63) is 114 Å². The fraction of sp³-hybridized carbons (Fsp3) is 0.431. The highest BCUT2D eigenvalue weighted by molar-refractivity contribution is 6.03. The minimum absolute atomic E-state index is 0.00501. The van der Waals surface area contributed by atoms with Gasteiger partial charge in [0.15, 0.2) is 0 Å². The molecule has 1 saturated carbocycles. The number of methoxy groups -OCH3 is 2. The molecule has 0 spiro atoms. The maximum atomic E-state index is 14.6. The molecule has 4 aromatic rings. The molecule has 2 amide bonds. The van der Waals surface area contributed by atoms with Crippen LogP contribution in [0.5, 0.6) is 23.0 Å². The zero-order valence-corrected chi connectivity index (χ0v) is 37.7. The Kier molecular flexibility index (Phi) is 15.7. The average Bonchev–Trinajstić information content (AvgIpc) is 3.32. The van der Waals surface area contributed by atoms with E-state index in [0.717, 1.165) is 53.2 Å². The summed E-state index contributed by atoms with van der Waals surface area (Å²) in [6.45, 7) is 6.33. The largest absolute Gasteiger partial charge is 0.497 e. The second-order valence-electron chi connectivity index (χ2n) is 16.5. The van der Waals surface area contributed by atoms with Crippen molar-refractivity contribution in [2.45, 2.75) is 76.2 Å². The van der Waals surface area contributed by atoms with E-state index >= 15 is 0 Å². The van der Waals surface area contributed by atoms with Gasteiger partial charge in [0.2, 0.25) is 5.79 Å². The SMILES string of the molecule is C=CCO[C@@]12Oc3ccc(OC(=O)Nc4ccc(OC)cc4OC)cc3[C@H]3[C@H](CCCCO)[C@@H](CCCCO)C=C(C(=NOC)C[C@@H]1N(Cc1cccc4ccccc14)C(=O)OCC)[C@H]32. The van der Waals surface area contributed by atoms with Crippen LogP contribution >= 0.6 is 0 Å². The minimum Gasteiger partial charge on any atom is -0.497 e. The van der Waals surface area contributed by atoms with Crippen molar-refractivity contribution in [3.63, 3.8) is 0 Å². The summed E-state index contributed by atoms with van der Waals surface area (Å²) < 4.78 is 37.1. The highest BCUT2D eigenvalue weighted by atomic mass is 16.7. The van der Waals surface area contributed by atoms with Gasteiger partial charge in [-0.2, -0.15) is 0 Å². The molecule has 0 radical (unpaired) electrons. The molecule has 2 aliphatic carbocycles. The van der Waals surface area contributed by atoms with E-state index in [1.165, 1.54) is 14.2 Å². The summed E-state index contributed by atoms with van der Waals surface area (Å²) in [5, 5.41) is 29.4. The Labute approximate surface area is 380 Å². The molecule has 346 valence electrons. The summed E-state index contributed by atoms with van der Waals surface area (Å²) in [5.74, 6) is -0.734. The molecular formula is C51H61N3O11. The number of oxime groups is 1. The number of aliphatic hydroxyl groups excluding tert-OH is 2. The first-order chi connectivity index (χ1) is 31.7. The van der Waals surface area contributed by atoms with Gasteiger partial charge in [-0.3, -0.25) is 10.2 Å². The molecule has 1 aliphatic heterocycles. The van der Waals surface area contributed by atoms with Crippen molar-refractivity contribution in [2.75, 3.05) is 53.1 Å². The third-order valence-corrected chi connectivity index (χ3v) is 12.8. The van der Waals surface area contributed by atoms with Gasteiger partial charge < -0.3 is 43.5 Å². The summed E-state index contributed by atoms with van der Waals surface area (Å²) in [6.07, 6.45) is 7.14. The average molecular weight is 892 g/mol. The molecule has 0 bridgehead atoms. The molecule has 3 aliphatic rings. The van der Waals surface area contributed by atoms with E-state index < -0.39 is 29.9 Å². The first kappa shape index (κ1) is 46.9. The van der Waals surface area contributed by atoms with E-state index in [-0.39, 0.29) is 62.9 Å². The molecule has 4 aromatic carbocycles. The molecule has 7 rings (SSSR count). The highest BCUT2D eigenvalue weighted by Crippen LogP contribution is 2.62. The Morgan fingerprint density at radius 3 is 2.45 bits per heavy atom. The number of fused-ring (bicyclic) bond motifs is 3. The van der Waals surface area contributed by atoms with Crippen molar-refractivity contribution >= 4 is 34.4 Å². The van der Waals surface area contributed by atoms with Crippen molar-refractivity contribution in [1.29, 1.82) is 0 Å². The quantitative estimate of drug-likeness (QED) is 0.0440. The number of ether oxygens (including phenoxy) is 6. The zero-order chi connectivity index (χ0) is 45.9. The third kappa shape index (κ3) is 9.95. The molecular weight excluding hydrogens is 831 g/mol. The number of hydrogen-bond donors (Lipinski definition) is 3. The van der Waals surface area contributed by atoms with E-state index in [1.807, 2.05) is 48.5 Å². The second kappa shape index (κ2) is 21.7. The first-order valence-corrected chi connectivity index (χ1v) is 22.5. The lowest BCUT2D eigenvalue weighted by atomic mass is 9.55. The number of anilines is 1. The van der Waals surface area contributed by atoms with Crippen molar-refractivity contribution in [2.24, 2.45) is 22.9 Å². The fourth-order valence-electron chi connectivity index (χ4n) is 10.1. The molecule has 6 atom stereocenters. The van der Waals surface area contributed by atoms with Crippen molar-refractivity contribution in [1.82, 2.24) is 4.90 Å². The van der Waals surface area contributed by atoms with Gasteiger partial charge in [0.05, 0.1) is 51.3 Å². The van der Waals surface area contributed by atoms with Crippen LogP contribution in [0, 0.1) is 17.8 Å². The Bertz CT molecular complexity index is 2360. The van der Waals surface area contributed by atoms with Crippen LogP contribution in [0.25, 0.3) is 10.8 Å². The normalized spacial score (nSPS) is 22.4. The van der Waals surface area contributed by atoms with Gasteiger partial charge in [-0.15, -0.1) is 6.58 Å². The third-order valence-electron chi connectivity index (χ3n) is 12.8. The number of nitrogens with one attached hydrogen (secondary N) is 1. The van der Waals surface area contributed by atoms with Gasteiger partial charge >= 0.3 is 12.2 Å². The molecule has 14 heteroatoms. The van der Waals surface area contributed by atoms with Crippen LogP contribution in [0.1, 0.15) is 68.9 Å². The van der Waals surface area contributed by atoms with E-state index in [1.54, 1.807) is 55.3 Å². The standard InChI is InChI=1S/C51H61N3O11/c1-6-27-63-51-46(54(50(58)62-7-2)32-35-18-14-17-33-15-8-9-19-38(33)35)31-43(53-61-5)40-28-34(16-10-12-25-55)39(20-11-13-26-56)47(48(40)51)41-29-37(22-24-44(41)65-51)64-49(57)52-42-23-21-36(59-3)30-45(42)60-4/h6,8-9,14-15,17-19,21-24,28-30,34,39,46-48,55-56H,1,7,10-13,16,20,25-27,31-32H2,2-5H3,(H,52,57)/t34-,39+,46-,47+,48+,51+/m0/s1. The van der Waals surface area contributed by atoms with E-state index in [4.69, 9.17) is 33.3 Å². The van der Waals surface area contributed by atoms with E-state index in [2.05, 4.69) is 23.1 Å². The number of allylic oxidation sites excluding steroid dienone is 1. The number of aliphatic hydroxyl groups is 2. The Morgan fingerprint density at radius 2 is 1.71 bits per heavy atom. The summed E-state index contributed by atoms with van der Waals surface area (Å²) >= 11 is 0. The van der Waals surface area contributed by atoms with Crippen molar-refractivity contribution < 1.29 is 53.1 Å². The predicted molar refractivity (Wildman–Crippen MR) is 248 cm³/mol. The molecule has 0 saturated heterocycles. The number of amides is 2. The van der Waals surface area contributed by atoms with Crippen LogP contribution in [0.4, 0.5) is 15.3 Å². The van der Waals surface area contributed by atoms with Gasteiger partial charge in [0, 0.05) is 37.2 Å². The lowest BCUT2D eigenvalue weighted by molar-refractivity contribution is -0.256. The summed E-state index contributed by atoms with van der Waals surface area (Å²) in [6, 6.07) is 23.7. The highest BCUT2D eigenvalue weighted by Gasteiger charge is 2.65. The maximum Gasteiger partial charge on any atom is 0.417 e. The number of rotatable bonds is 20. The molecule has 1 fully saturated rings. The minimum atomic E-state index is -1.52. The van der Waals surface area contributed by atoms with E-state index in [9.17, 15) is 19.8 Å². The molecule has 3 N–H and O–H groups in total. The maximum absolute atomic E-state index is 14.6. The number of carbonyl (C=O) groups excluding carboxylic acids is 2. The number of hydrogen-bond acceptors (Lipinski definition) is 12. The number of unbranched alkanes of at least 4 members (excludes halogenated alkanes) is 2. The van der Waals surface area contributed by atoms with Crippen LogP contribution in [-0.2, 0) is 20.9 Å². The Hall–Kier alpha value is -6.09. The van der Waals surface area contributed by atoms with Crippen molar-refractivity contribution in [3.8, 4) is 23.0 Å². The predicted octanol–water partition coefficient (Wildman–Crippen LogP) is 9.39. The monoisotopic (exact) mass is 891 g/mol. The van der Waals surface area contributed by atoms with Gasteiger partial charge in [-0.05, 0) is 96.7 Å². The molecule has 65 heavy (non-hydrogen) atoms. The Balaban J connectivity index is 1.40. The smallest absolute Gasteiger partial charge is 0.417 e. The molecule has 1 heterocycles. The number of carbonyl (C=O) groups is 2. The van der Waals surface area contributed by atoms with Crippen LogP contribution < -0.4 is 24.3 Å². The van der Waals surface area contributed by atoms with Gasteiger partial charge in [0.25, 0.3) is 0 Å². The van der Waals surface area contributed by atoms with Crippen LogP contribution in [0.2, 0.25) is 0 Å². The molecule has 14 nitrogen and oxygen atoms in total. The Morgan fingerprint density at radius 1 is 0.938 bits per heavy atom. The van der Waals surface area contributed by atoms with E-state index in [0.29, 0.717) is 41.5 Å². The zero-order valence-electron chi connectivity index (χ0n) is 37.7. The molecule has 0 aromatic heterocycles. The molecule has 0 unspecified atom stereocenters. The summed E-state index contributed by atoms with van der Waals surface area (Å²) in [4.78, 5) is 35.5. The topological polar surface area (TPSA) is 167 Å². The van der Waals surface area contributed by atoms with Crippen LogP contribution in [0.15, 0.2) is 108 Å². The second-order valence-corrected chi connectivity index (χ2v) is 16.5. The van der Waals surface area contributed by atoms with Crippen LogP contribution in [0.3, 0.4) is 0 Å².